The van der Waals surface area contributed by atoms with Crippen molar-refractivity contribution in [2.75, 3.05) is 0 Å². The Morgan fingerprint density at radius 1 is 1.20 bits per heavy atom. The van der Waals surface area contributed by atoms with E-state index in [0.717, 1.165) is 11.1 Å². The Morgan fingerprint density at radius 2 is 1.90 bits per heavy atom. The second-order valence-corrected chi connectivity index (χ2v) is 4.65. The highest BCUT2D eigenvalue weighted by Gasteiger charge is 2.19. The number of hydrogen-bond donors (Lipinski definition) is 2. The van der Waals surface area contributed by atoms with Gasteiger partial charge in [-0.3, -0.25) is 9.78 Å². The molecule has 0 saturated heterocycles. The van der Waals surface area contributed by atoms with Crippen molar-refractivity contribution >= 4 is 5.91 Å². The topological polar surface area (TPSA) is 68.0 Å². The molecule has 0 saturated carbocycles. The van der Waals surface area contributed by atoms with E-state index in [1.165, 1.54) is 0 Å². The summed E-state index contributed by atoms with van der Waals surface area (Å²) in [5.74, 6) is -0.148. The molecular weight excluding hydrogens is 250 g/mol. The molecule has 1 unspecified atom stereocenters. The van der Waals surface area contributed by atoms with Gasteiger partial charge >= 0.3 is 0 Å². The summed E-state index contributed by atoms with van der Waals surface area (Å²) < 4.78 is 0. The average Bonchev–Trinajstić information content (AvgIpc) is 2.53. The molecule has 1 aromatic heterocycles. The molecule has 0 bridgehead atoms. The number of carbonyl (C=O) groups is 1. The molecule has 4 nitrogen and oxygen atoms in total. The van der Waals surface area contributed by atoms with Crippen LogP contribution in [0.15, 0.2) is 54.9 Å². The molecule has 2 aromatic rings. The number of hydrogen-bond acceptors (Lipinski definition) is 3. The zero-order valence-corrected chi connectivity index (χ0v) is 11.5. The van der Waals surface area contributed by atoms with E-state index in [4.69, 9.17) is 5.73 Å². The van der Waals surface area contributed by atoms with E-state index in [1.54, 1.807) is 12.4 Å². The van der Waals surface area contributed by atoms with Crippen molar-refractivity contribution in [3.8, 4) is 0 Å². The van der Waals surface area contributed by atoms with Crippen molar-refractivity contribution in [3.05, 3.63) is 66.0 Å². The van der Waals surface area contributed by atoms with Gasteiger partial charge in [0.05, 0.1) is 12.1 Å². The van der Waals surface area contributed by atoms with Gasteiger partial charge in [0.2, 0.25) is 5.91 Å². The lowest BCUT2D eigenvalue weighted by Crippen LogP contribution is -2.42. The fraction of sp³-hybridized carbons (Fsp3) is 0.250. The summed E-state index contributed by atoms with van der Waals surface area (Å²) in [5.41, 5.74) is 7.74. The maximum atomic E-state index is 12.1. The normalized spacial score (nSPS) is 13.5. The molecule has 2 atom stereocenters. The minimum absolute atomic E-state index is 0.148. The highest BCUT2D eigenvalue weighted by molar-refractivity contribution is 5.82. The zero-order valence-electron chi connectivity index (χ0n) is 11.5. The molecule has 4 heteroatoms. The lowest BCUT2D eigenvalue weighted by Gasteiger charge is -2.21. The predicted octanol–water partition coefficient (Wildman–Crippen LogP) is 2.02. The van der Waals surface area contributed by atoms with E-state index >= 15 is 0 Å². The summed E-state index contributed by atoms with van der Waals surface area (Å²) in [7, 11) is 0. The summed E-state index contributed by atoms with van der Waals surface area (Å²) in [6, 6.07) is 12.9. The maximum absolute atomic E-state index is 12.1. The van der Waals surface area contributed by atoms with Crippen molar-refractivity contribution < 1.29 is 4.79 Å². The Morgan fingerprint density at radius 3 is 2.50 bits per heavy atom. The van der Waals surface area contributed by atoms with Crippen molar-refractivity contribution in [1.29, 1.82) is 0 Å². The molecule has 104 valence electrons. The van der Waals surface area contributed by atoms with Crippen LogP contribution in [0.3, 0.4) is 0 Å². The van der Waals surface area contributed by atoms with E-state index < -0.39 is 6.04 Å². The summed E-state index contributed by atoms with van der Waals surface area (Å²) >= 11 is 0. The molecule has 3 N–H and O–H groups in total. The molecule has 0 aliphatic carbocycles. The van der Waals surface area contributed by atoms with Gasteiger partial charge in [-0.1, -0.05) is 43.3 Å². The number of nitrogens with one attached hydrogen (secondary N) is 1. The Bertz CT molecular complexity index is 503. The minimum atomic E-state index is -0.488. The van der Waals surface area contributed by atoms with Crippen LogP contribution in [0.4, 0.5) is 0 Å². The van der Waals surface area contributed by atoms with E-state index in [-0.39, 0.29) is 11.9 Å². The van der Waals surface area contributed by atoms with Gasteiger partial charge < -0.3 is 11.1 Å². The third kappa shape index (κ3) is 3.42. The zero-order chi connectivity index (χ0) is 14.4. The van der Waals surface area contributed by atoms with Crippen LogP contribution in [-0.4, -0.2) is 16.9 Å². The van der Waals surface area contributed by atoms with Crippen LogP contribution >= 0.6 is 0 Å². The summed E-state index contributed by atoms with van der Waals surface area (Å²) in [4.78, 5) is 16.2. The number of carbonyl (C=O) groups excluding carboxylic acids is 1. The number of rotatable bonds is 5. The summed E-state index contributed by atoms with van der Waals surface area (Å²) in [6.45, 7) is 1.89. The largest absolute Gasteiger partial charge is 0.344 e. The molecule has 1 aromatic carbocycles. The van der Waals surface area contributed by atoms with Gasteiger partial charge in [-0.25, -0.2) is 0 Å². The first-order chi connectivity index (χ1) is 9.72. The minimum Gasteiger partial charge on any atom is -0.344 e. The fourth-order valence-electron chi connectivity index (χ4n) is 1.99. The van der Waals surface area contributed by atoms with Crippen LogP contribution in [-0.2, 0) is 4.79 Å². The fourth-order valence-corrected chi connectivity index (χ4v) is 1.99. The monoisotopic (exact) mass is 269 g/mol. The molecule has 20 heavy (non-hydrogen) atoms. The first-order valence-corrected chi connectivity index (χ1v) is 6.73. The first-order valence-electron chi connectivity index (χ1n) is 6.73. The number of aromatic nitrogens is 1. The van der Waals surface area contributed by atoms with Crippen LogP contribution < -0.4 is 11.1 Å². The number of pyridine rings is 1. The van der Waals surface area contributed by atoms with E-state index in [2.05, 4.69) is 10.3 Å². The van der Waals surface area contributed by atoms with Crippen molar-refractivity contribution in [2.45, 2.75) is 25.4 Å². The van der Waals surface area contributed by atoms with E-state index in [0.29, 0.717) is 6.42 Å². The van der Waals surface area contributed by atoms with Gasteiger partial charge in [-0.2, -0.15) is 0 Å². The second kappa shape index (κ2) is 6.82. The van der Waals surface area contributed by atoms with E-state index in [1.807, 2.05) is 49.4 Å². The molecule has 0 fully saturated rings. The molecule has 2 rings (SSSR count). The van der Waals surface area contributed by atoms with Crippen molar-refractivity contribution in [3.63, 3.8) is 0 Å². The Labute approximate surface area is 119 Å². The average molecular weight is 269 g/mol. The van der Waals surface area contributed by atoms with Crippen molar-refractivity contribution in [1.82, 2.24) is 10.3 Å². The predicted molar refractivity (Wildman–Crippen MR) is 78.9 cm³/mol. The van der Waals surface area contributed by atoms with Gasteiger partial charge in [0, 0.05) is 12.4 Å². The van der Waals surface area contributed by atoms with Crippen molar-refractivity contribution in [2.24, 2.45) is 5.73 Å². The molecule has 0 aliphatic heterocycles. The molecule has 0 aliphatic rings. The number of nitrogens with zero attached hydrogens (tertiary/aromatic N) is 1. The SMILES string of the molecule is CC[C@H](N)C(=O)NC(c1ccccc1)c1cccnc1. The highest BCUT2D eigenvalue weighted by Crippen LogP contribution is 2.21. The third-order valence-electron chi connectivity index (χ3n) is 3.21. The van der Waals surface area contributed by atoms with Crippen LogP contribution in [0.1, 0.15) is 30.5 Å². The molecule has 1 heterocycles. The van der Waals surface area contributed by atoms with Crippen LogP contribution in [0.5, 0.6) is 0 Å². The van der Waals surface area contributed by atoms with Gasteiger partial charge in [0.25, 0.3) is 0 Å². The standard InChI is InChI=1S/C16H19N3O/c1-2-14(17)16(20)19-15(12-7-4-3-5-8-12)13-9-6-10-18-11-13/h3-11,14-15H,2,17H2,1H3,(H,19,20)/t14-,15?/m0/s1. The summed E-state index contributed by atoms with van der Waals surface area (Å²) in [6.07, 6.45) is 4.08. The third-order valence-corrected chi connectivity index (χ3v) is 3.21. The molecule has 0 radical (unpaired) electrons. The van der Waals surface area contributed by atoms with Crippen LogP contribution in [0, 0.1) is 0 Å². The van der Waals surface area contributed by atoms with Crippen LogP contribution in [0.2, 0.25) is 0 Å². The summed E-state index contributed by atoms with van der Waals surface area (Å²) in [5, 5.41) is 3.00. The highest BCUT2D eigenvalue weighted by atomic mass is 16.2. The smallest absolute Gasteiger partial charge is 0.237 e. The number of benzene rings is 1. The van der Waals surface area contributed by atoms with Gasteiger partial charge in [-0.15, -0.1) is 0 Å². The van der Waals surface area contributed by atoms with Gasteiger partial charge in [0.15, 0.2) is 0 Å². The number of amides is 1. The van der Waals surface area contributed by atoms with Gasteiger partial charge in [0.1, 0.15) is 0 Å². The lowest BCUT2D eigenvalue weighted by molar-refractivity contribution is -0.122. The Hall–Kier alpha value is -2.20. The second-order valence-electron chi connectivity index (χ2n) is 4.65. The molecular formula is C16H19N3O. The molecule has 1 amide bonds. The first kappa shape index (κ1) is 14.2. The Balaban J connectivity index is 2.28. The van der Waals surface area contributed by atoms with Crippen LogP contribution in [0.25, 0.3) is 0 Å². The quantitative estimate of drug-likeness (QED) is 0.872. The molecule has 0 spiro atoms. The lowest BCUT2D eigenvalue weighted by atomic mass is 9.99. The van der Waals surface area contributed by atoms with E-state index in [9.17, 15) is 4.79 Å². The van der Waals surface area contributed by atoms with Gasteiger partial charge in [-0.05, 0) is 23.6 Å². The Kier molecular flexibility index (Phi) is 4.85. The maximum Gasteiger partial charge on any atom is 0.237 e. The number of nitrogens with two attached hydrogens (primary N) is 1.